The SMILES string of the molecule is CC(CC(=O)N1CCC(c2nc(-c3ccccn3)no2)CC1)C1CCCNC1. The number of carbonyl (C=O) groups is 1. The Labute approximate surface area is 165 Å². The number of pyridine rings is 1. The van der Waals surface area contributed by atoms with E-state index in [1.807, 2.05) is 23.1 Å². The first-order valence-corrected chi connectivity index (χ1v) is 10.4. The second-order valence-electron chi connectivity index (χ2n) is 8.11. The third-order valence-electron chi connectivity index (χ3n) is 6.17. The van der Waals surface area contributed by atoms with Gasteiger partial charge in [0.25, 0.3) is 0 Å². The Balaban J connectivity index is 1.28. The molecule has 2 unspecified atom stereocenters. The number of aromatic nitrogens is 3. The van der Waals surface area contributed by atoms with Gasteiger partial charge in [0, 0.05) is 31.6 Å². The van der Waals surface area contributed by atoms with Crippen molar-refractivity contribution < 1.29 is 9.32 Å². The van der Waals surface area contributed by atoms with Gasteiger partial charge >= 0.3 is 0 Å². The Hall–Kier alpha value is -2.28. The van der Waals surface area contributed by atoms with E-state index in [0.29, 0.717) is 30.0 Å². The van der Waals surface area contributed by atoms with E-state index in [1.165, 1.54) is 12.8 Å². The number of carbonyl (C=O) groups excluding carboxylic acids is 1. The molecule has 28 heavy (non-hydrogen) atoms. The lowest BCUT2D eigenvalue weighted by molar-refractivity contribution is -0.133. The molecule has 4 rings (SSSR count). The third-order valence-corrected chi connectivity index (χ3v) is 6.17. The molecule has 0 aliphatic carbocycles. The second kappa shape index (κ2) is 8.82. The minimum atomic E-state index is 0.217. The quantitative estimate of drug-likeness (QED) is 0.855. The van der Waals surface area contributed by atoms with Crippen LogP contribution in [0, 0.1) is 11.8 Å². The van der Waals surface area contributed by atoms with Crippen LogP contribution in [0.4, 0.5) is 0 Å². The molecule has 7 heteroatoms. The zero-order chi connectivity index (χ0) is 19.3. The van der Waals surface area contributed by atoms with Gasteiger partial charge in [-0.2, -0.15) is 4.98 Å². The van der Waals surface area contributed by atoms with E-state index in [1.54, 1.807) is 6.20 Å². The van der Waals surface area contributed by atoms with E-state index in [4.69, 9.17) is 4.52 Å². The van der Waals surface area contributed by atoms with E-state index in [9.17, 15) is 4.79 Å². The highest BCUT2D eigenvalue weighted by molar-refractivity contribution is 5.76. The number of nitrogens with one attached hydrogen (secondary N) is 1. The van der Waals surface area contributed by atoms with Crippen LogP contribution in [0.1, 0.15) is 50.8 Å². The van der Waals surface area contributed by atoms with Gasteiger partial charge in [-0.05, 0) is 62.7 Å². The molecule has 0 aromatic carbocycles. The van der Waals surface area contributed by atoms with Crippen molar-refractivity contribution >= 4 is 5.91 Å². The standard InChI is InChI=1S/C21H29N5O2/c1-15(17-5-4-9-22-14-17)13-19(27)26-11-7-16(8-12-26)21-24-20(25-28-21)18-6-2-3-10-23-18/h2-3,6,10,15-17,22H,4-5,7-9,11-14H2,1H3. The molecule has 7 nitrogen and oxygen atoms in total. The van der Waals surface area contributed by atoms with Crippen molar-refractivity contribution in [2.24, 2.45) is 11.8 Å². The van der Waals surface area contributed by atoms with Crippen LogP contribution in [0.2, 0.25) is 0 Å². The van der Waals surface area contributed by atoms with E-state index in [-0.39, 0.29) is 11.8 Å². The minimum absolute atomic E-state index is 0.217. The number of nitrogens with zero attached hydrogens (tertiary/aromatic N) is 4. The average Bonchev–Trinajstić information content (AvgIpc) is 3.25. The van der Waals surface area contributed by atoms with Crippen molar-refractivity contribution in [1.82, 2.24) is 25.3 Å². The Morgan fingerprint density at radius 3 is 2.89 bits per heavy atom. The lowest BCUT2D eigenvalue weighted by Crippen LogP contribution is -2.40. The summed E-state index contributed by atoms with van der Waals surface area (Å²) >= 11 is 0. The maximum Gasteiger partial charge on any atom is 0.230 e. The van der Waals surface area contributed by atoms with Crippen molar-refractivity contribution in [2.75, 3.05) is 26.2 Å². The Morgan fingerprint density at radius 2 is 2.18 bits per heavy atom. The molecule has 0 saturated carbocycles. The Morgan fingerprint density at radius 1 is 1.32 bits per heavy atom. The predicted molar refractivity (Wildman–Crippen MR) is 105 cm³/mol. The summed E-state index contributed by atoms with van der Waals surface area (Å²) in [5.74, 6) is 2.76. The third kappa shape index (κ3) is 4.41. The first kappa shape index (κ1) is 19.1. The zero-order valence-corrected chi connectivity index (χ0v) is 16.5. The summed E-state index contributed by atoms with van der Waals surface area (Å²) in [6, 6.07) is 5.65. The molecule has 2 aromatic rings. The lowest BCUT2D eigenvalue weighted by atomic mass is 9.85. The monoisotopic (exact) mass is 383 g/mol. The van der Waals surface area contributed by atoms with Crippen molar-refractivity contribution in [2.45, 2.75) is 44.9 Å². The number of rotatable bonds is 5. The van der Waals surface area contributed by atoms with Crippen LogP contribution in [-0.2, 0) is 4.79 Å². The fourth-order valence-corrected chi connectivity index (χ4v) is 4.31. The van der Waals surface area contributed by atoms with Crippen molar-refractivity contribution in [3.05, 3.63) is 30.3 Å². The molecular weight excluding hydrogens is 354 g/mol. The number of likely N-dealkylation sites (tertiary alicyclic amines) is 1. The largest absolute Gasteiger partial charge is 0.343 e. The van der Waals surface area contributed by atoms with Crippen molar-refractivity contribution in [1.29, 1.82) is 0 Å². The number of hydrogen-bond donors (Lipinski definition) is 1. The highest BCUT2D eigenvalue weighted by atomic mass is 16.5. The van der Waals surface area contributed by atoms with Crippen LogP contribution < -0.4 is 5.32 Å². The minimum Gasteiger partial charge on any atom is -0.343 e. The summed E-state index contributed by atoms with van der Waals surface area (Å²) in [5.41, 5.74) is 0.719. The summed E-state index contributed by atoms with van der Waals surface area (Å²) < 4.78 is 5.49. The van der Waals surface area contributed by atoms with E-state index >= 15 is 0 Å². The fraction of sp³-hybridized carbons (Fsp3) is 0.619. The molecule has 1 amide bonds. The van der Waals surface area contributed by atoms with Gasteiger partial charge in [0.1, 0.15) is 5.69 Å². The summed E-state index contributed by atoms with van der Waals surface area (Å²) in [4.78, 5) is 23.5. The fourth-order valence-electron chi connectivity index (χ4n) is 4.31. The van der Waals surface area contributed by atoms with E-state index < -0.39 is 0 Å². The van der Waals surface area contributed by atoms with Crippen LogP contribution in [-0.4, -0.2) is 52.1 Å². The van der Waals surface area contributed by atoms with Crippen molar-refractivity contribution in [3.63, 3.8) is 0 Å². The summed E-state index contributed by atoms with van der Waals surface area (Å²) in [7, 11) is 0. The Kier molecular flexibility index (Phi) is 6.00. The zero-order valence-electron chi connectivity index (χ0n) is 16.5. The molecule has 1 N–H and O–H groups in total. The molecule has 150 valence electrons. The molecule has 2 fully saturated rings. The van der Waals surface area contributed by atoms with Crippen LogP contribution in [0.25, 0.3) is 11.5 Å². The van der Waals surface area contributed by atoms with Gasteiger partial charge in [-0.25, -0.2) is 0 Å². The molecule has 0 radical (unpaired) electrons. The molecule has 2 aliphatic heterocycles. The first-order chi connectivity index (χ1) is 13.7. The second-order valence-corrected chi connectivity index (χ2v) is 8.11. The van der Waals surface area contributed by atoms with E-state index in [0.717, 1.165) is 44.7 Å². The number of piperidine rings is 2. The van der Waals surface area contributed by atoms with Crippen LogP contribution in [0.3, 0.4) is 0 Å². The molecule has 2 aromatic heterocycles. The van der Waals surface area contributed by atoms with Crippen molar-refractivity contribution in [3.8, 4) is 11.5 Å². The number of hydrogen-bond acceptors (Lipinski definition) is 6. The highest BCUT2D eigenvalue weighted by Gasteiger charge is 2.29. The molecule has 4 heterocycles. The maximum absolute atomic E-state index is 12.7. The molecule has 2 aliphatic rings. The van der Waals surface area contributed by atoms with Gasteiger partial charge in [0.15, 0.2) is 0 Å². The topological polar surface area (TPSA) is 84.2 Å². The summed E-state index contributed by atoms with van der Waals surface area (Å²) in [5, 5.41) is 7.53. The van der Waals surface area contributed by atoms with Gasteiger partial charge in [0.05, 0.1) is 0 Å². The maximum atomic E-state index is 12.7. The van der Waals surface area contributed by atoms with Gasteiger partial charge in [-0.3, -0.25) is 9.78 Å². The molecule has 0 spiro atoms. The van der Waals surface area contributed by atoms with E-state index in [2.05, 4.69) is 27.4 Å². The van der Waals surface area contributed by atoms with Crippen LogP contribution in [0.5, 0.6) is 0 Å². The van der Waals surface area contributed by atoms with Crippen LogP contribution >= 0.6 is 0 Å². The van der Waals surface area contributed by atoms with Gasteiger partial charge in [-0.15, -0.1) is 0 Å². The predicted octanol–water partition coefficient (Wildman–Crippen LogP) is 2.86. The van der Waals surface area contributed by atoms with Crippen LogP contribution in [0.15, 0.2) is 28.9 Å². The average molecular weight is 383 g/mol. The van der Waals surface area contributed by atoms with Gasteiger partial charge < -0.3 is 14.7 Å². The smallest absolute Gasteiger partial charge is 0.230 e. The molecule has 0 bridgehead atoms. The summed E-state index contributed by atoms with van der Waals surface area (Å²) in [6.07, 6.45) is 6.57. The normalized spacial score (nSPS) is 22.2. The summed E-state index contributed by atoms with van der Waals surface area (Å²) in [6.45, 7) is 5.91. The number of amides is 1. The highest BCUT2D eigenvalue weighted by Crippen LogP contribution is 2.29. The lowest BCUT2D eigenvalue weighted by Gasteiger charge is -2.33. The molecule has 2 atom stereocenters. The molecule has 2 saturated heterocycles. The Bertz CT molecular complexity index is 764. The molecular formula is C21H29N5O2. The first-order valence-electron chi connectivity index (χ1n) is 10.4. The van der Waals surface area contributed by atoms with Gasteiger partial charge in [-0.1, -0.05) is 18.1 Å². The van der Waals surface area contributed by atoms with Gasteiger partial charge in [0.2, 0.25) is 17.6 Å².